The minimum atomic E-state index is 0.731. The number of H-pyrrole nitrogens is 1. The standard InChI is InChI=1S/C12H8N6S2/c1-2-10(20-12-13-4-5-14-12)17-18-9(1)15-16-11(18)8-3-6-19-7-8/h1-7H,(H,13,14). The summed E-state index contributed by atoms with van der Waals surface area (Å²) in [6.45, 7) is 0. The van der Waals surface area contributed by atoms with Gasteiger partial charge in [-0.05, 0) is 35.3 Å². The molecule has 4 aromatic heterocycles. The van der Waals surface area contributed by atoms with Crippen molar-refractivity contribution in [3.05, 3.63) is 41.4 Å². The van der Waals surface area contributed by atoms with E-state index < -0.39 is 0 Å². The fraction of sp³-hybridized carbons (Fsp3) is 0. The molecule has 0 saturated carbocycles. The summed E-state index contributed by atoms with van der Waals surface area (Å²) in [4.78, 5) is 7.22. The Bertz CT molecular complexity index is 834. The molecule has 1 N–H and O–H groups in total. The van der Waals surface area contributed by atoms with Gasteiger partial charge < -0.3 is 4.98 Å². The first kappa shape index (κ1) is 11.6. The maximum absolute atomic E-state index is 4.57. The van der Waals surface area contributed by atoms with Crippen LogP contribution in [0.5, 0.6) is 0 Å². The Morgan fingerprint density at radius 2 is 2.20 bits per heavy atom. The summed E-state index contributed by atoms with van der Waals surface area (Å²) >= 11 is 3.09. The fourth-order valence-electron chi connectivity index (χ4n) is 1.80. The number of aromatic amines is 1. The van der Waals surface area contributed by atoms with Gasteiger partial charge in [-0.2, -0.15) is 21.0 Å². The first-order chi connectivity index (χ1) is 9.90. The van der Waals surface area contributed by atoms with Crippen molar-refractivity contribution in [1.82, 2.24) is 29.8 Å². The maximum atomic E-state index is 4.57. The lowest BCUT2D eigenvalue weighted by Gasteiger charge is -2.00. The van der Waals surface area contributed by atoms with Crippen molar-refractivity contribution in [1.29, 1.82) is 0 Å². The van der Waals surface area contributed by atoms with E-state index in [0.29, 0.717) is 0 Å². The van der Waals surface area contributed by atoms with Crippen LogP contribution in [0, 0.1) is 0 Å². The lowest BCUT2D eigenvalue weighted by Crippen LogP contribution is -1.95. The van der Waals surface area contributed by atoms with E-state index in [0.717, 1.165) is 27.2 Å². The van der Waals surface area contributed by atoms with E-state index >= 15 is 0 Å². The topological polar surface area (TPSA) is 71.8 Å². The molecule has 0 amide bonds. The lowest BCUT2D eigenvalue weighted by atomic mass is 10.3. The molecule has 0 aromatic carbocycles. The van der Waals surface area contributed by atoms with Crippen LogP contribution in [0.15, 0.2) is 51.5 Å². The van der Waals surface area contributed by atoms with Crippen molar-refractivity contribution in [2.45, 2.75) is 10.2 Å². The predicted molar refractivity (Wildman–Crippen MR) is 76.8 cm³/mol. The molecule has 0 saturated heterocycles. The van der Waals surface area contributed by atoms with Crippen molar-refractivity contribution >= 4 is 28.7 Å². The van der Waals surface area contributed by atoms with Gasteiger partial charge in [0.2, 0.25) is 0 Å². The fourth-order valence-corrected chi connectivity index (χ4v) is 3.14. The summed E-state index contributed by atoms with van der Waals surface area (Å²) in [5.41, 5.74) is 1.75. The minimum Gasteiger partial charge on any atom is -0.339 e. The van der Waals surface area contributed by atoms with Crippen molar-refractivity contribution in [3.8, 4) is 11.4 Å². The van der Waals surface area contributed by atoms with E-state index in [1.54, 1.807) is 28.2 Å². The summed E-state index contributed by atoms with van der Waals surface area (Å²) in [5.74, 6) is 0.753. The zero-order valence-corrected chi connectivity index (χ0v) is 11.7. The van der Waals surface area contributed by atoms with Gasteiger partial charge in [-0.1, -0.05) is 0 Å². The Hall–Kier alpha value is -2.19. The van der Waals surface area contributed by atoms with Crippen LogP contribution in [0.2, 0.25) is 0 Å². The van der Waals surface area contributed by atoms with Gasteiger partial charge in [0, 0.05) is 23.3 Å². The number of aromatic nitrogens is 6. The molecule has 0 unspecified atom stereocenters. The number of fused-ring (bicyclic) bond motifs is 1. The van der Waals surface area contributed by atoms with E-state index in [9.17, 15) is 0 Å². The summed E-state index contributed by atoms with van der Waals surface area (Å²) in [7, 11) is 0. The van der Waals surface area contributed by atoms with Gasteiger partial charge in [0.15, 0.2) is 16.6 Å². The number of hydrogen-bond acceptors (Lipinski definition) is 6. The van der Waals surface area contributed by atoms with Crippen LogP contribution < -0.4 is 0 Å². The third-order valence-corrected chi connectivity index (χ3v) is 4.22. The molecule has 0 aliphatic heterocycles. The number of thiophene rings is 1. The summed E-state index contributed by atoms with van der Waals surface area (Å²) in [5, 5.41) is 18.6. The molecule has 8 heteroatoms. The molecule has 98 valence electrons. The zero-order chi connectivity index (χ0) is 13.4. The van der Waals surface area contributed by atoms with E-state index in [-0.39, 0.29) is 0 Å². The average molecular weight is 300 g/mol. The predicted octanol–water partition coefficient (Wildman–Crippen LogP) is 2.73. The smallest absolute Gasteiger partial charge is 0.186 e. The maximum Gasteiger partial charge on any atom is 0.186 e. The zero-order valence-electron chi connectivity index (χ0n) is 10.1. The third-order valence-electron chi connectivity index (χ3n) is 2.69. The van der Waals surface area contributed by atoms with Crippen LogP contribution in [0.1, 0.15) is 0 Å². The Balaban J connectivity index is 1.79. The Labute approximate surface area is 121 Å². The normalized spacial score (nSPS) is 11.2. The molecule has 20 heavy (non-hydrogen) atoms. The largest absolute Gasteiger partial charge is 0.339 e. The van der Waals surface area contributed by atoms with Gasteiger partial charge in [0.25, 0.3) is 0 Å². The molecule has 0 spiro atoms. The Morgan fingerprint density at radius 3 is 3.00 bits per heavy atom. The molecule has 4 aromatic rings. The highest BCUT2D eigenvalue weighted by Crippen LogP contribution is 2.24. The molecule has 0 aliphatic rings. The van der Waals surface area contributed by atoms with E-state index in [1.807, 2.05) is 29.0 Å². The van der Waals surface area contributed by atoms with Crippen LogP contribution in [-0.4, -0.2) is 29.8 Å². The van der Waals surface area contributed by atoms with Crippen LogP contribution in [0.25, 0.3) is 17.0 Å². The number of imidazole rings is 1. The molecule has 0 fully saturated rings. The summed E-state index contributed by atoms with van der Waals surface area (Å²) < 4.78 is 1.76. The molecule has 0 aliphatic carbocycles. The van der Waals surface area contributed by atoms with Gasteiger partial charge in [0.05, 0.1) is 0 Å². The number of hydrogen-bond donors (Lipinski definition) is 1. The molecule has 4 rings (SSSR count). The molecular weight excluding hydrogens is 292 g/mol. The Morgan fingerprint density at radius 1 is 1.20 bits per heavy atom. The number of nitrogens with zero attached hydrogens (tertiary/aromatic N) is 5. The highest BCUT2D eigenvalue weighted by molar-refractivity contribution is 7.99. The number of nitrogens with one attached hydrogen (secondary N) is 1. The molecular formula is C12H8N6S2. The van der Waals surface area contributed by atoms with E-state index in [4.69, 9.17) is 0 Å². The minimum absolute atomic E-state index is 0.731. The van der Waals surface area contributed by atoms with Crippen LogP contribution in [-0.2, 0) is 0 Å². The van der Waals surface area contributed by atoms with E-state index in [1.165, 1.54) is 11.8 Å². The SMILES string of the molecule is c1c[nH]c(Sc2ccc3nnc(-c4ccsc4)n3n2)n1. The van der Waals surface area contributed by atoms with Crippen molar-refractivity contribution in [2.24, 2.45) is 0 Å². The van der Waals surface area contributed by atoms with E-state index in [2.05, 4.69) is 25.3 Å². The lowest BCUT2D eigenvalue weighted by molar-refractivity contribution is 0.858. The highest BCUT2D eigenvalue weighted by atomic mass is 32.2. The van der Waals surface area contributed by atoms with Crippen molar-refractivity contribution in [2.75, 3.05) is 0 Å². The second-order valence-corrected chi connectivity index (χ2v) is 5.76. The van der Waals surface area contributed by atoms with Crippen LogP contribution in [0.4, 0.5) is 0 Å². The molecule has 0 radical (unpaired) electrons. The first-order valence-electron chi connectivity index (χ1n) is 5.82. The van der Waals surface area contributed by atoms with Crippen molar-refractivity contribution < 1.29 is 0 Å². The first-order valence-corrected chi connectivity index (χ1v) is 7.58. The molecule has 6 nitrogen and oxygen atoms in total. The molecule has 0 bridgehead atoms. The molecule has 4 heterocycles. The van der Waals surface area contributed by atoms with Gasteiger partial charge in [-0.15, -0.1) is 10.2 Å². The van der Waals surface area contributed by atoms with Gasteiger partial charge in [0.1, 0.15) is 5.03 Å². The quantitative estimate of drug-likeness (QED) is 0.630. The van der Waals surface area contributed by atoms with Crippen molar-refractivity contribution in [3.63, 3.8) is 0 Å². The summed E-state index contributed by atoms with van der Waals surface area (Å²) in [6.07, 6.45) is 3.51. The second-order valence-electron chi connectivity index (χ2n) is 3.97. The summed E-state index contributed by atoms with van der Waals surface area (Å²) in [6, 6.07) is 5.82. The monoisotopic (exact) mass is 300 g/mol. The van der Waals surface area contributed by atoms with Crippen LogP contribution >= 0.6 is 23.1 Å². The van der Waals surface area contributed by atoms with Gasteiger partial charge in [-0.3, -0.25) is 0 Å². The second kappa shape index (κ2) is 4.73. The van der Waals surface area contributed by atoms with Gasteiger partial charge in [-0.25, -0.2) is 4.98 Å². The number of rotatable bonds is 3. The van der Waals surface area contributed by atoms with Crippen LogP contribution in [0.3, 0.4) is 0 Å². The van der Waals surface area contributed by atoms with Gasteiger partial charge >= 0.3 is 0 Å². The Kier molecular flexibility index (Phi) is 2.75. The highest BCUT2D eigenvalue weighted by Gasteiger charge is 2.11. The third kappa shape index (κ3) is 1.98. The molecule has 0 atom stereocenters. The average Bonchev–Trinajstić information content (AvgIpc) is 3.19.